The molecule has 1 heterocycles. The van der Waals surface area contributed by atoms with Crippen molar-refractivity contribution in [2.24, 2.45) is 11.3 Å². The van der Waals surface area contributed by atoms with Crippen molar-refractivity contribution < 1.29 is 0 Å². The Labute approximate surface area is 89.1 Å². The summed E-state index contributed by atoms with van der Waals surface area (Å²) in [7, 11) is 2.21. The molecule has 84 valence electrons. The van der Waals surface area contributed by atoms with E-state index in [9.17, 15) is 0 Å². The summed E-state index contributed by atoms with van der Waals surface area (Å²) in [5.41, 5.74) is 0.433. The van der Waals surface area contributed by atoms with E-state index in [1.54, 1.807) is 0 Å². The van der Waals surface area contributed by atoms with Crippen LogP contribution in [-0.2, 0) is 0 Å². The lowest BCUT2D eigenvalue weighted by Crippen LogP contribution is -2.42. The van der Waals surface area contributed by atoms with Crippen molar-refractivity contribution in [3.05, 3.63) is 0 Å². The van der Waals surface area contributed by atoms with Gasteiger partial charge >= 0.3 is 0 Å². The fourth-order valence-electron chi connectivity index (χ4n) is 2.26. The van der Waals surface area contributed by atoms with Gasteiger partial charge in [-0.15, -0.1) is 0 Å². The first-order valence-corrected chi connectivity index (χ1v) is 5.87. The largest absolute Gasteiger partial charge is 0.312 e. The monoisotopic (exact) mass is 198 g/mol. The maximum atomic E-state index is 3.71. The van der Waals surface area contributed by atoms with Crippen molar-refractivity contribution in [2.75, 3.05) is 26.7 Å². The number of rotatable bonds is 4. The Morgan fingerprint density at radius 3 is 2.57 bits per heavy atom. The first-order valence-electron chi connectivity index (χ1n) is 5.87. The summed E-state index contributed by atoms with van der Waals surface area (Å²) >= 11 is 0. The first kappa shape index (κ1) is 12.0. The van der Waals surface area contributed by atoms with Gasteiger partial charge in [0.2, 0.25) is 0 Å². The molecule has 0 aromatic heterocycles. The van der Waals surface area contributed by atoms with Crippen LogP contribution in [0.1, 0.15) is 34.1 Å². The minimum Gasteiger partial charge on any atom is -0.312 e. The molecule has 1 fully saturated rings. The summed E-state index contributed by atoms with van der Waals surface area (Å²) in [6.07, 6.45) is 1.27. The zero-order valence-electron chi connectivity index (χ0n) is 10.4. The first-order chi connectivity index (χ1) is 6.45. The quantitative estimate of drug-likeness (QED) is 0.743. The van der Waals surface area contributed by atoms with Gasteiger partial charge in [0, 0.05) is 19.1 Å². The third-order valence-corrected chi connectivity index (χ3v) is 3.52. The highest BCUT2D eigenvalue weighted by molar-refractivity contribution is 4.94. The molecule has 0 spiro atoms. The molecule has 0 aromatic carbocycles. The molecular weight excluding hydrogens is 172 g/mol. The van der Waals surface area contributed by atoms with Crippen LogP contribution in [0.5, 0.6) is 0 Å². The summed E-state index contributed by atoms with van der Waals surface area (Å²) in [5, 5.41) is 3.71. The molecule has 14 heavy (non-hydrogen) atoms. The van der Waals surface area contributed by atoms with Gasteiger partial charge < -0.3 is 10.2 Å². The third-order valence-electron chi connectivity index (χ3n) is 3.52. The molecule has 1 rings (SSSR count). The topological polar surface area (TPSA) is 15.3 Å². The predicted octanol–water partition coefficient (Wildman–Crippen LogP) is 1.96. The summed E-state index contributed by atoms with van der Waals surface area (Å²) in [6.45, 7) is 12.9. The van der Waals surface area contributed by atoms with Crippen LogP contribution in [0.25, 0.3) is 0 Å². The molecule has 0 aromatic rings. The second kappa shape index (κ2) is 4.63. The lowest BCUT2D eigenvalue weighted by Gasteiger charge is -2.27. The van der Waals surface area contributed by atoms with Crippen molar-refractivity contribution in [2.45, 2.75) is 40.2 Å². The van der Waals surface area contributed by atoms with Gasteiger partial charge in [-0.25, -0.2) is 0 Å². The number of hydrogen-bond acceptors (Lipinski definition) is 2. The molecule has 2 unspecified atom stereocenters. The van der Waals surface area contributed by atoms with Crippen LogP contribution in [0.4, 0.5) is 0 Å². The Balaban J connectivity index is 2.37. The van der Waals surface area contributed by atoms with Gasteiger partial charge in [-0.05, 0) is 24.9 Å². The summed E-state index contributed by atoms with van der Waals surface area (Å²) in [6, 6.07) is 0.668. The van der Waals surface area contributed by atoms with Crippen LogP contribution >= 0.6 is 0 Å². The summed E-state index contributed by atoms with van der Waals surface area (Å²) in [5.74, 6) is 0.803. The van der Waals surface area contributed by atoms with Crippen LogP contribution in [0.15, 0.2) is 0 Å². The molecule has 2 atom stereocenters. The van der Waals surface area contributed by atoms with E-state index in [1.807, 2.05) is 0 Å². The number of nitrogens with zero attached hydrogens (tertiary/aromatic N) is 1. The van der Waals surface area contributed by atoms with E-state index in [2.05, 4.69) is 45.0 Å². The van der Waals surface area contributed by atoms with Crippen LogP contribution < -0.4 is 5.32 Å². The fraction of sp³-hybridized carbons (Fsp3) is 1.00. The SMILES string of the molecule is CCC(C)CNC1CN(C)CC1(C)C. The van der Waals surface area contributed by atoms with Crippen molar-refractivity contribution in [1.82, 2.24) is 10.2 Å². The van der Waals surface area contributed by atoms with Crippen molar-refractivity contribution in [3.63, 3.8) is 0 Å². The molecule has 2 nitrogen and oxygen atoms in total. The van der Waals surface area contributed by atoms with Gasteiger partial charge in [0.1, 0.15) is 0 Å². The second-order valence-corrected chi connectivity index (χ2v) is 5.66. The van der Waals surface area contributed by atoms with Gasteiger partial charge in [0.25, 0.3) is 0 Å². The highest BCUT2D eigenvalue weighted by Gasteiger charge is 2.37. The Bertz CT molecular complexity index is 177. The third kappa shape index (κ3) is 2.96. The standard InChI is InChI=1S/C12H26N2/c1-6-10(2)7-13-11-8-14(5)9-12(11,3)4/h10-11,13H,6-9H2,1-5H3. The number of hydrogen-bond donors (Lipinski definition) is 1. The van der Waals surface area contributed by atoms with E-state index in [0.29, 0.717) is 11.5 Å². The average Bonchev–Trinajstić information content (AvgIpc) is 2.35. The Kier molecular flexibility index (Phi) is 3.96. The van der Waals surface area contributed by atoms with E-state index < -0.39 is 0 Å². The Morgan fingerprint density at radius 2 is 2.14 bits per heavy atom. The molecule has 0 bridgehead atoms. The zero-order chi connectivity index (χ0) is 10.8. The van der Waals surface area contributed by atoms with Gasteiger partial charge in [-0.1, -0.05) is 34.1 Å². The predicted molar refractivity (Wildman–Crippen MR) is 62.5 cm³/mol. The molecular formula is C12H26N2. The molecule has 0 amide bonds. The minimum absolute atomic E-state index is 0.433. The molecule has 0 saturated carbocycles. The molecule has 2 heteroatoms. The number of nitrogens with one attached hydrogen (secondary N) is 1. The van der Waals surface area contributed by atoms with Crippen LogP contribution in [-0.4, -0.2) is 37.6 Å². The molecule has 1 N–H and O–H groups in total. The van der Waals surface area contributed by atoms with E-state index in [-0.39, 0.29) is 0 Å². The van der Waals surface area contributed by atoms with Crippen LogP contribution in [0.3, 0.4) is 0 Å². The lowest BCUT2D eigenvalue weighted by atomic mass is 9.87. The normalized spacial score (nSPS) is 29.4. The van der Waals surface area contributed by atoms with E-state index in [1.165, 1.54) is 26.1 Å². The van der Waals surface area contributed by atoms with E-state index in [0.717, 1.165) is 5.92 Å². The Hall–Kier alpha value is -0.0800. The summed E-state index contributed by atoms with van der Waals surface area (Å²) in [4.78, 5) is 2.42. The van der Waals surface area contributed by atoms with Gasteiger partial charge in [-0.3, -0.25) is 0 Å². The van der Waals surface area contributed by atoms with Gasteiger partial charge in [0.15, 0.2) is 0 Å². The number of likely N-dealkylation sites (tertiary alicyclic amines) is 1. The average molecular weight is 198 g/mol. The number of likely N-dealkylation sites (N-methyl/N-ethyl adjacent to an activating group) is 1. The molecule has 1 saturated heterocycles. The molecule has 0 radical (unpaired) electrons. The van der Waals surface area contributed by atoms with E-state index in [4.69, 9.17) is 0 Å². The smallest absolute Gasteiger partial charge is 0.0258 e. The minimum atomic E-state index is 0.433. The highest BCUT2D eigenvalue weighted by Crippen LogP contribution is 2.28. The fourth-order valence-corrected chi connectivity index (χ4v) is 2.26. The second-order valence-electron chi connectivity index (χ2n) is 5.66. The maximum absolute atomic E-state index is 3.71. The van der Waals surface area contributed by atoms with Crippen molar-refractivity contribution in [3.8, 4) is 0 Å². The maximum Gasteiger partial charge on any atom is 0.0258 e. The van der Waals surface area contributed by atoms with Gasteiger partial charge in [-0.2, -0.15) is 0 Å². The summed E-state index contributed by atoms with van der Waals surface area (Å²) < 4.78 is 0. The van der Waals surface area contributed by atoms with Gasteiger partial charge in [0.05, 0.1) is 0 Å². The van der Waals surface area contributed by atoms with Crippen LogP contribution in [0, 0.1) is 11.3 Å². The zero-order valence-corrected chi connectivity index (χ0v) is 10.4. The molecule has 0 aliphatic carbocycles. The van der Waals surface area contributed by atoms with E-state index >= 15 is 0 Å². The highest BCUT2D eigenvalue weighted by atomic mass is 15.2. The van der Waals surface area contributed by atoms with Crippen LogP contribution in [0.2, 0.25) is 0 Å². The lowest BCUT2D eigenvalue weighted by molar-refractivity contribution is 0.289. The molecule has 1 aliphatic heterocycles. The van der Waals surface area contributed by atoms with Crippen molar-refractivity contribution in [1.29, 1.82) is 0 Å². The molecule has 1 aliphatic rings. The van der Waals surface area contributed by atoms with Crippen molar-refractivity contribution >= 4 is 0 Å². The Morgan fingerprint density at radius 1 is 1.50 bits per heavy atom.